The number of nitrogen functional groups attached to an aromatic ring is 1. The van der Waals surface area contributed by atoms with Gasteiger partial charge in [0.2, 0.25) is 0 Å². The Bertz CT molecular complexity index is 401. The first-order chi connectivity index (χ1) is 7.54. The molecule has 0 unspecified atom stereocenters. The largest absolute Gasteiger partial charge is 0.465 e. The van der Waals surface area contributed by atoms with E-state index in [1.165, 1.54) is 6.07 Å². The standard InChI is InChI=1S/C10H11ClFNO2S/c1-2-15-10(14)5-16-9-4-8(13)7(12)3-6(9)11/h3-4H,2,5,13H2,1H3. The quantitative estimate of drug-likeness (QED) is 0.516. The van der Waals surface area contributed by atoms with Crippen molar-refractivity contribution in [3.05, 3.63) is 23.0 Å². The lowest BCUT2D eigenvalue weighted by molar-refractivity contribution is -0.139. The Hall–Kier alpha value is -0.940. The molecule has 0 amide bonds. The zero-order chi connectivity index (χ0) is 12.1. The van der Waals surface area contributed by atoms with E-state index in [0.717, 1.165) is 17.8 Å². The molecule has 0 atom stereocenters. The molecule has 16 heavy (non-hydrogen) atoms. The van der Waals surface area contributed by atoms with Crippen molar-refractivity contribution < 1.29 is 13.9 Å². The van der Waals surface area contributed by atoms with Crippen LogP contribution in [0, 0.1) is 5.82 Å². The molecule has 6 heteroatoms. The third kappa shape index (κ3) is 3.57. The molecule has 0 bridgehead atoms. The van der Waals surface area contributed by atoms with Gasteiger partial charge in [-0.05, 0) is 19.1 Å². The molecule has 1 rings (SSSR count). The highest BCUT2D eigenvalue weighted by Gasteiger charge is 2.09. The van der Waals surface area contributed by atoms with E-state index in [1.54, 1.807) is 6.92 Å². The maximum absolute atomic E-state index is 13.0. The van der Waals surface area contributed by atoms with Crippen LogP contribution in [0.5, 0.6) is 0 Å². The van der Waals surface area contributed by atoms with Crippen LogP contribution in [0.2, 0.25) is 5.02 Å². The van der Waals surface area contributed by atoms with Crippen LogP contribution in [0.3, 0.4) is 0 Å². The number of rotatable bonds is 4. The van der Waals surface area contributed by atoms with Gasteiger partial charge >= 0.3 is 5.97 Å². The predicted octanol–water partition coefficient (Wildman–Crippen LogP) is 2.72. The molecular weight excluding hydrogens is 253 g/mol. The summed E-state index contributed by atoms with van der Waals surface area (Å²) in [5.41, 5.74) is 5.40. The van der Waals surface area contributed by atoms with Crippen LogP contribution in [-0.4, -0.2) is 18.3 Å². The Morgan fingerprint density at radius 3 is 2.94 bits per heavy atom. The molecule has 2 N–H and O–H groups in total. The summed E-state index contributed by atoms with van der Waals surface area (Å²) >= 11 is 6.96. The van der Waals surface area contributed by atoms with Gasteiger partial charge in [0.15, 0.2) is 0 Å². The molecule has 1 aromatic carbocycles. The Morgan fingerprint density at radius 2 is 2.31 bits per heavy atom. The van der Waals surface area contributed by atoms with Crippen LogP contribution in [0.1, 0.15) is 6.92 Å². The van der Waals surface area contributed by atoms with Crippen molar-refractivity contribution >= 4 is 35.0 Å². The monoisotopic (exact) mass is 263 g/mol. The summed E-state index contributed by atoms with van der Waals surface area (Å²) in [6, 6.07) is 2.53. The lowest BCUT2D eigenvalue weighted by atomic mass is 10.3. The number of ether oxygens (including phenoxy) is 1. The first-order valence-electron chi connectivity index (χ1n) is 4.57. The van der Waals surface area contributed by atoms with Crippen molar-refractivity contribution in [2.45, 2.75) is 11.8 Å². The van der Waals surface area contributed by atoms with E-state index in [2.05, 4.69) is 0 Å². The van der Waals surface area contributed by atoms with E-state index < -0.39 is 5.82 Å². The van der Waals surface area contributed by atoms with Gasteiger partial charge in [0.25, 0.3) is 0 Å². The third-order valence-electron chi connectivity index (χ3n) is 1.70. The van der Waals surface area contributed by atoms with Gasteiger partial charge in [-0.25, -0.2) is 4.39 Å². The molecule has 0 aliphatic heterocycles. The van der Waals surface area contributed by atoms with Crippen LogP contribution in [0.15, 0.2) is 17.0 Å². The topological polar surface area (TPSA) is 52.3 Å². The fraction of sp³-hybridized carbons (Fsp3) is 0.300. The Balaban J connectivity index is 2.67. The normalized spacial score (nSPS) is 10.2. The number of thioether (sulfide) groups is 1. The number of carbonyl (C=O) groups excluding carboxylic acids is 1. The van der Waals surface area contributed by atoms with Gasteiger partial charge in [-0.15, -0.1) is 11.8 Å². The second-order valence-corrected chi connectivity index (χ2v) is 4.32. The third-order valence-corrected chi connectivity index (χ3v) is 3.16. The van der Waals surface area contributed by atoms with Crippen molar-refractivity contribution in [3.63, 3.8) is 0 Å². The number of esters is 1. The van der Waals surface area contributed by atoms with Gasteiger partial charge in [0.05, 0.1) is 23.1 Å². The molecular formula is C10H11ClFNO2S. The van der Waals surface area contributed by atoms with Gasteiger partial charge in [-0.2, -0.15) is 0 Å². The molecule has 0 saturated carbocycles. The summed E-state index contributed by atoms with van der Waals surface area (Å²) in [5.74, 6) is -0.782. The molecule has 0 aliphatic carbocycles. The summed E-state index contributed by atoms with van der Waals surface area (Å²) in [6.45, 7) is 2.06. The minimum absolute atomic E-state index is 0.00996. The van der Waals surface area contributed by atoms with Crippen LogP contribution in [0.4, 0.5) is 10.1 Å². The van der Waals surface area contributed by atoms with E-state index in [4.69, 9.17) is 22.1 Å². The Morgan fingerprint density at radius 1 is 1.62 bits per heavy atom. The molecule has 0 fully saturated rings. The van der Waals surface area contributed by atoms with E-state index in [0.29, 0.717) is 11.5 Å². The minimum Gasteiger partial charge on any atom is -0.465 e. The highest BCUT2D eigenvalue weighted by Crippen LogP contribution is 2.30. The average molecular weight is 264 g/mol. The number of benzene rings is 1. The maximum atomic E-state index is 13.0. The van der Waals surface area contributed by atoms with Crippen molar-refractivity contribution in [1.29, 1.82) is 0 Å². The first-order valence-corrected chi connectivity index (χ1v) is 5.94. The van der Waals surface area contributed by atoms with Crippen molar-refractivity contribution in [3.8, 4) is 0 Å². The van der Waals surface area contributed by atoms with Crippen molar-refractivity contribution in [2.75, 3.05) is 18.1 Å². The number of halogens is 2. The smallest absolute Gasteiger partial charge is 0.316 e. The molecule has 3 nitrogen and oxygen atoms in total. The summed E-state index contributed by atoms with van der Waals surface area (Å²) in [5, 5.41) is 0.237. The van der Waals surface area contributed by atoms with E-state index in [9.17, 15) is 9.18 Å². The van der Waals surface area contributed by atoms with E-state index in [1.807, 2.05) is 0 Å². The molecule has 88 valence electrons. The Kier molecular flexibility index (Phi) is 4.89. The molecule has 1 aromatic rings. The highest BCUT2D eigenvalue weighted by molar-refractivity contribution is 8.00. The van der Waals surface area contributed by atoms with Gasteiger partial charge in [0.1, 0.15) is 5.82 Å². The minimum atomic E-state index is -0.564. The van der Waals surface area contributed by atoms with Gasteiger partial charge in [-0.1, -0.05) is 11.6 Å². The number of anilines is 1. The molecule has 0 spiro atoms. The molecule has 0 heterocycles. The molecule has 0 saturated heterocycles. The number of carbonyl (C=O) groups is 1. The van der Waals surface area contributed by atoms with Gasteiger partial charge < -0.3 is 10.5 Å². The van der Waals surface area contributed by atoms with E-state index >= 15 is 0 Å². The Labute approximate surface area is 102 Å². The zero-order valence-electron chi connectivity index (χ0n) is 8.63. The summed E-state index contributed by atoms with van der Waals surface area (Å²) in [7, 11) is 0. The molecule has 0 radical (unpaired) electrons. The van der Waals surface area contributed by atoms with Crippen LogP contribution in [-0.2, 0) is 9.53 Å². The maximum Gasteiger partial charge on any atom is 0.316 e. The number of hydrogen-bond donors (Lipinski definition) is 1. The van der Waals surface area contributed by atoms with E-state index in [-0.39, 0.29) is 22.4 Å². The highest BCUT2D eigenvalue weighted by atomic mass is 35.5. The summed E-state index contributed by atoms with van der Waals surface area (Å²) < 4.78 is 17.7. The fourth-order valence-corrected chi connectivity index (χ4v) is 2.07. The van der Waals surface area contributed by atoms with Gasteiger partial charge in [-0.3, -0.25) is 4.79 Å². The fourth-order valence-electron chi connectivity index (χ4n) is 0.995. The number of hydrogen-bond acceptors (Lipinski definition) is 4. The van der Waals surface area contributed by atoms with Crippen LogP contribution in [0.25, 0.3) is 0 Å². The van der Waals surface area contributed by atoms with Crippen LogP contribution < -0.4 is 5.73 Å². The number of nitrogens with two attached hydrogens (primary N) is 1. The lowest BCUT2D eigenvalue weighted by Gasteiger charge is -2.06. The lowest BCUT2D eigenvalue weighted by Crippen LogP contribution is -2.06. The van der Waals surface area contributed by atoms with Crippen LogP contribution >= 0.6 is 23.4 Å². The first kappa shape index (κ1) is 13.1. The molecule has 0 aliphatic rings. The summed E-state index contributed by atoms with van der Waals surface area (Å²) in [6.07, 6.45) is 0. The molecule has 0 aromatic heterocycles. The predicted molar refractivity (Wildman–Crippen MR) is 63.2 cm³/mol. The van der Waals surface area contributed by atoms with Crippen molar-refractivity contribution in [2.24, 2.45) is 0 Å². The zero-order valence-corrected chi connectivity index (χ0v) is 10.2. The second-order valence-electron chi connectivity index (χ2n) is 2.90. The SMILES string of the molecule is CCOC(=O)CSc1cc(N)c(F)cc1Cl. The summed E-state index contributed by atoms with van der Waals surface area (Å²) in [4.78, 5) is 11.7. The average Bonchev–Trinajstić information content (AvgIpc) is 2.22. The van der Waals surface area contributed by atoms with Crippen molar-refractivity contribution in [1.82, 2.24) is 0 Å². The second kappa shape index (κ2) is 5.96. The van der Waals surface area contributed by atoms with Gasteiger partial charge in [0, 0.05) is 4.90 Å².